The molecule has 0 fully saturated rings. The lowest BCUT2D eigenvalue weighted by atomic mass is 10.0. The fourth-order valence-electron chi connectivity index (χ4n) is 3.26. The second kappa shape index (κ2) is 19.7. The van der Waals surface area contributed by atoms with Crippen molar-refractivity contribution in [3.05, 3.63) is 29.3 Å². The van der Waals surface area contributed by atoms with Crippen molar-refractivity contribution in [3.8, 4) is 5.75 Å². The first-order valence-corrected chi connectivity index (χ1v) is 12.2. The van der Waals surface area contributed by atoms with Gasteiger partial charge in [-0.2, -0.15) is 0 Å². The molecule has 13 heteroatoms. The van der Waals surface area contributed by atoms with Gasteiger partial charge in [-0.1, -0.05) is 6.07 Å². The van der Waals surface area contributed by atoms with E-state index in [9.17, 15) is 24.0 Å². The van der Waals surface area contributed by atoms with Crippen LogP contribution >= 0.6 is 0 Å². The van der Waals surface area contributed by atoms with E-state index >= 15 is 0 Å². The van der Waals surface area contributed by atoms with Crippen molar-refractivity contribution >= 4 is 30.4 Å². The van der Waals surface area contributed by atoms with Crippen LogP contribution < -0.4 is 15.4 Å². The van der Waals surface area contributed by atoms with Crippen molar-refractivity contribution in [2.45, 2.75) is 25.8 Å². The third-order valence-electron chi connectivity index (χ3n) is 5.21. The maximum atomic E-state index is 13.1. The van der Waals surface area contributed by atoms with E-state index in [4.69, 9.17) is 24.1 Å². The summed E-state index contributed by atoms with van der Waals surface area (Å²) >= 11 is 0. The summed E-state index contributed by atoms with van der Waals surface area (Å²) in [6.07, 6.45) is 0.845. The predicted octanol–water partition coefficient (Wildman–Crippen LogP) is -0.776. The van der Waals surface area contributed by atoms with Gasteiger partial charge >= 0.3 is 0 Å². The number of nitrogens with zero attached hydrogens (tertiary/aromatic N) is 1. The summed E-state index contributed by atoms with van der Waals surface area (Å²) in [6, 6.07) is 3.44. The predicted molar refractivity (Wildman–Crippen MR) is 135 cm³/mol. The Balaban J connectivity index is 2.54. The molecule has 1 aromatic rings. The Labute approximate surface area is 221 Å². The summed E-state index contributed by atoms with van der Waals surface area (Å²) in [7, 11) is 1.37. The van der Waals surface area contributed by atoms with Crippen molar-refractivity contribution in [1.82, 2.24) is 15.5 Å². The second-order valence-corrected chi connectivity index (χ2v) is 7.82. The molecule has 0 aromatic heterocycles. The molecule has 0 aliphatic heterocycles. The average molecular weight is 540 g/mol. The Morgan fingerprint density at radius 1 is 1.03 bits per heavy atom. The lowest BCUT2D eigenvalue weighted by Gasteiger charge is -2.25. The number of carbonyl (C=O) groups is 5. The van der Waals surface area contributed by atoms with Gasteiger partial charge in [0.15, 0.2) is 6.61 Å². The monoisotopic (exact) mass is 539 g/mol. The lowest BCUT2D eigenvalue weighted by Crippen LogP contribution is -2.48. The topological polar surface area (TPSA) is 170 Å². The van der Waals surface area contributed by atoms with Gasteiger partial charge in [-0.25, -0.2) is 0 Å². The molecule has 0 aliphatic carbocycles. The molecule has 1 unspecified atom stereocenters. The van der Waals surface area contributed by atoms with Gasteiger partial charge in [-0.15, -0.1) is 0 Å². The minimum atomic E-state index is -1.15. The SMILES string of the molecule is CNC(=O)C(CCC=O)N(C=O)C(=O)c1cccc(OCC(=O)NCCOCCOCCOCCO)c1C. The lowest BCUT2D eigenvalue weighted by molar-refractivity contribution is -0.131. The number of aliphatic hydroxyl groups is 1. The van der Waals surface area contributed by atoms with Crippen LogP contribution in [-0.4, -0.2) is 113 Å². The first kappa shape index (κ1) is 32.6. The molecular weight excluding hydrogens is 502 g/mol. The number of ether oxygens (including phenoxy) is 4. The van der Waals surface area contributed by atoms with Gasteiger partial charge < -0.3 is 39.5 Å². The van der Waals surface area contributed by atoms with Gasteiger partial charge in [0.1, 0.15) is 18.1 Å². The van der Waals surface area contributed by atoms with Crippen LogP contribution in [0, 0.1) is 6.92 Å². The van der Waals surface area contributed by atoms with E-state index in [0.29, 0.717) is 38.3 Å². The molecule has 0 aliphatic rings. The Hall–Kier alpha value is -3.39. The second-order valence-electron chi connectivity index (χ2n) is 7.82. The maximum absolute atomic E-state index is 13.1. The Morgan fingerprint density at radius 2 is 1.68 bits per heavy atom. The van der Waals surface area contributed by atoms with Gasteiger partial charge in [0.25, 0.3) is 11.8 Å². The van der Waals surface area contributed by atoms with E-state index < -0.39 is 23.8 Å². The molecule has 0 saturated heterocycles. The van der Waals surface area contributed by atoms with Gasteiger partial charge in [0, 0.05) is 31.1 Å². The highest BCUT2D eigenvalue weighted by Crippen LogP contribution is 2.23. The van der Waals surface area contributed by atoms with Crippen LogP contribution in [0.1, 0.15) is 28.8 Å². The fraction of sp³-hybridized carbons (Fsp3) is 0.560. The zero-order valence-corrected chi connectivity index (χ0v) is 21.8. The average Bonchev–Trinajstić information content (AvgIpc) is 2.92. The van der Waals surface area contributed by atoms with Crippen molar-refractivity contribution in [1.29, 1.82) is 0 Å². The Morgan fingerprint density at radius 3 is 2.29 bits per heavy atom. The van der Waals surface area contributed by atoms with Crippen molar-refractivity contribution in [3.63, 3.8) is 0 Å². The van der Waals surface area contributed by atoms with Crippen LogP contribution in [0.2, 0.25) is 0 Å². The number of benzene rings is 1. The standard InChI is InChI=1S/C25H37N3O10/c1-19-20(25(34)28(18-31)21(6-4-9-29)24(33)26-2)5-3-7-22(19)38-17-23(32)27-8-11-35-13-15-37-16-14-36-12-10-30/h3,5,7,9,18,21,30H,4,6,8,10-17H2,1-2H3,(H,26,33)(H,27,32). The molecule has 212 valence electrons. The minimum Gasteiger partial charge on any atom is -0.483 e. The van der Waals surface area contributed by atoms with Crippen molar-refractivity contribution < 1.29 is 48.0 Å². The summed E-state index contributed by atoms with van der Waals surface area (Å²) < 4.78 is 21.3. The fourth-order valence-corrected chi connectivity index (χ4v) is 3.26. The zero-order chi connectivity index (χ0) is 28.2. The molecule has 1 aromatic carbocycles. The number of rotatable bonds is 21. The highest BCUT2D eigenvalue weighted by Gasteiger charge is 2.30. The van der Waals surface area contributed by atoms with E-state index in [0.717, 1.165) is 4.90 Å². The van der Waals surface area contributed by atoms with Gasteiger partial charge in [0.05, 0.1) is 46.2 Å². The molecule has 3 N–H and O–H groups in total. The van der Waals surface area contributed by atoms with E-state index in [1.54, 1.807) is 13.0 Å². The summed E-state index contributed by atoms with van der Waals surface area (Å²) in [5.74, 6) is -1.44. The molecule has 0 radical (unpaired) electrons. The molecule has 0 heterocycles. The van der Waals surface area contributed by atoms with Gasteiger partial charge in [-0.3, -0.25) is 24.1 Å². The molecular formula is C25H37N3O10. The molecule has 1 atom stereocenters. The van der Waals surface area contributed by atoms with Crippen LogP contribution in [0.15, 0.2) is 18.2 Å². The third-order valence-corrected chi connectivity index (χ3v) is 5.21. The molecule has 0 spiro atoms. The zero-order valence-electron chi connectivity index (χ0n) is 21.8. The molecule has 0 saturated carbocycles. The number of hydrogen-bond donors (Lipinski definition) is 3. The van der Waals surface area contributed by atoms with E-state index in [2.05, 4.69) is 10.6 Å². The smallest absolute Gasteiger partial charge is 0.261 e. The van der Waals surface area contributed by atoms with E-state index in [1.807, 2.05) is 0 Å². The van der Waals surface area contributed by atoms with Gasteiger partial charge in [0.2, 0.25) is 12.3 Å². The quantitative estimate of drug-likeness (QED) is 0.133. The third kappa shape index (κ3) is 11.8. The molecule has 1 rings (SSSR count). The Kier molecular flexibility index (Phi) is 16.9. The first-order chi connectivity index (χ1) is 18.4. The molecule has 4 amide bonds. The van der Waals surface area contributed by atoms with Crippen LogP contribution in [0.5, 0.6) is 5.75 Å². The number of hydrogen-bond acceptors (Lipinski definition) is 10. The summed E-state index contributed by atoms with van der Waals surface area (Å²) in [5, 5.41) is 13.6. The number of likely N-dealkylation sites (N-methyl/N-ethyl adjacent to an activating group) is 1. The number of imide groups is 1. The number of aliphatic hydroxyl groups excluding tert-OH is 1. The van der Waals surface area contributed by atoms with Gasteiger partial charge in [-0.05, 0) is 25.5 Å². The molecule has 0 bridgehead atoms. The van der Waals surface area contributed by atoms with Crippen molar-refractivity contribution in [2.75, 3.05) is 66.4 Å². The number of amides is 4. The van der Waals surface area contributed by atoms with E-state index in [-0.39, 0.29) is 63.5 Å². The summed E-state index contributed by atoms with van der Waals surface area (Å²) in [4.78, 5) is 60.7. The Bertz CT molecular complexity index is 896. The number of aldehydes is 1. The molecule has 13 nitrogen and oxygen atoms in total. The largest absolute Gasteiger partial charge is 0.483 e. The highest BCUT2D eigenvalue weighted by molar-refractivity contribution is 6.04. The number of nitrogens with one attached hydrogen (secondary N) is 2. The van der Waals surface area contributed by atoms with Crippen LogP contribution in [-0.2, 0) is 33.4 Å². The van der Waals surface area contributed by atoms with Crippen LogP contribution in [0.4, 0.5) is 0 Å². The van der Waals surface area contributed by atoms with Crippen LogP contribution in [0.25, 0.3) is 0 Å². The normalized spacial score (nSPS) is 11.3. The molecule has 38 heavy (non-hydrogen) atoms. The maximum Gasteiger partial charge on any atom is 0.261 e. The van der Waals surface area contributed by atoms with Crippen molar-refractivity contribution in [2.24, 2.45) is 0 Å². The summed E-state index contributed by atoms with van der Waals surface area (Å²) in [5.41, 5.74) is 0.499. The highest BCUT2D eigenvalue weighted by atomic mass is 16.5. The van der Waals surface area contributed by atoms with Crippen LogP contribution in [0.3, 0.4) is 0 Å². The minimum absolute atomic E-state index is 0.00662. The first-order valence-electron chi connectivity index (χ1n) is 12.2. The summed E-state index contributed by atoms with van der Waals surface area (Å²) in [6.45, 7) is 3.56. The van der Waals surface area contributed by atoms with E-state index in [1.165, 1.54) is 19.2 Å². The number of carbonyl (C=O) groups excluding carboxylic acids is 5.